The third-order valence-corrected chi connectivity index (χ3v) is 6.92. The van der Waals surface area contributed by atoms with Gasteiger partial charge in [0.15, 0.2) is 5.96 Å². The molecular formula is C18H33IN4OS. The van der Waals surface area contributed by atoms with Crippen LogP contribution in [0.2, 0.25) is 0 Å². The fourth-order valence-electron chi connectivity index (χ4n) is 3.84. The molecule has 5 nitrogen and oxygen atoms in total. The van der Waals surface area contributed by atoms with E-state index in [4.69, 9.17) is 9.73 Å². The molecule has 0 aliphatic carbocycles. The van der Waals surface area contributed by atoms with Crippen molar-refractivity contribution in [2.45, 2.75) is 37.0 Å². The smallest absolute Gasteiger partial charge is 0.194 e. The van der Waals surface area contributed by atoms with Crippen molar-refractivity contribution < 1.29 is 4.74 Å². The molecule has 1 unspecified atom stereocenters. The van der Waals surface area contributed by atoms with Crippen molar-refractivity contribution in [3.8, 4) is 0 Å². The van der Waals surface area contributed by atoms with E-state index in [9.17, 15) is 0 Å². The van der Waals surface area contributed by atoms with Crippen molar-refractivity contribution in [2.75, 3.05) is 58.7 Å². The Labute approximate surface area is 174 Å². The van der Waals surface area contributed by atoms with Crippen molar-refractivity contribution in [3.05, 3.63) is 12.2 Å². The summed E-state index contributed by atoms with van der Waals surface area (Å²) < 4.78 is 5.81. The van der Waals surface area contributed by atoms with Gasteiger partial charge in [0.25, 0.3) is 0 Å². The van der Waals surface area contributed by atoms with Crippen LogP contribution in [0.1, 0.15) is 26.2 Å². The van der Waals surface area contributed by atoms with Crippen molar-refractivity contribution in [3.63, 3.8) is 0 Å². The molecule has 25 heavy (non-hydrogen) atoms. The lowest BCUT2D eigenvalue weighted by Crippen LogP contribution is -2.44. The minimum absolute atomic E-state index is 0. The number of thioether (sulfide) groups is 1. The van der Waals surface area contributed by atoms with Crippen molar-refractivity contribution >= 4 is 41.7 Å². The lowest BCUT2D eigenvalue weighted by molar-refractivity contribution is 0.0793. The van der Waals surface area contributed by atoms with Gasteiger partial charge in [-0.3, -0.25) is 9.89 Å². The second-order valence-corrected chi connectivity index (χ2v) is 8.26. The molecule has 7 heteroatoms. The molecule has 3 heterocycles. The quantitative estimate of drug-likeness (QED) is 0.283. The largest absolute Gasteiger partial charge is 0.381 e. The Morgan fingerprint density at radius 1 is 1.32 bits per heavy atom. The van der Waals surface area contributed by atoms with Gasteiger partial charge in [0.05, 0.1) is 6.54 Å². The molecule has 3 rings (SSSR count). The first-order valence-electron chi connectivity index (χ1n) is 9.31. The van der Waals surface area contributed by atoms with E-state index < -0.39 is 0 Å². The summed E-state index contributed by atoms with van der Waals surface area (Å²) in [6.45, 7) is 10.2. The van der Waals surface area contributed by atoms with E-state index >= 15 is 0 Å². The molecule has 0 spiro atoms. The van der Waals surface area contributed by atoms with Gasteiger partial charge in [-0.25, -0.2) is 0 Å². The Kier molecular flexibility index (Phi) is 8.84. The van der Waals surface area contributed by atoms with Crippen LogP contribution in [0, 0.1) is 0 Å². The number of halogens is 1. The SMILES string of the molecule is CCNC(=NCC1(SC)CCOCC1)N1CCC(N2CC=CC2)C1.I. The van der Waals surface area contributed by atoms with Crippen LogP contribution in [-0.4, -0.2) is 85.3 Å². The van der Waals surface area contributed by atoms with Gasteiger partial charge in [-0.1, -0.05) is 12.2 Å². The van der Waals surface area contributed by atoms with Gasteiger partial charge in [-0.05, 0) is 32.4 Å². The zero-order chi connectivity index (χ0) is 16.8. The summed E-state index contributed by atoms with van der Waals surface area (Å²) in [6.07, 6.45) is 10.3. The molecule has 0 aromatic heterocycles. The fourth-order valence-corrected chi connectivity index (χ4v) is 4.61. The van der Waals surface area contributed by atoms with Gasteiger partial charge in [0.1, 0.15) is 0 Å². The van der Waals surface area contributed by atoms with Crippen LogP contribution in [0.4, 0.5) is 0 Å². The monoisotopic (exact) mass is 480 g/mol. The highest BCUT2D eigenvalue weighted by atomic mass is 127. The highest BCUT2D eigenvalue weighted by Crippen LogP contribution is 2.34. The van der Waals surface area contributed by atoms with Crippen molar-refractivity contribution in [1.29, 1.82) is 0 Å². The number of nitrogens with one attached hydrogen (secondary N) is 1. The van der Waals surface area contributed by atoms with Gasteiger partial charge < -0.3 is 15.0 Å². The second kappa shape index (κ2) is 10.4. The number of hydrogen-bond donors (Lipinski definition) is 1. The van der Waals surface area contributed by atoms with E-state index in [0.29, 0.717) is 6.04 Å². The average Bonchev–Trinajstić information content (AvgIpc) is 3.30. The lowest BCUT2D eigenvalue weighted by atomic mass is 9.99. The molecule has 1 N–H and O–H groups in total. The van der Waals surface area contributed by atoms with Gasteiger partial charge in [-0.2, -0.15) is 11.8 Å². The standard InChI is InChI=1S/C18H32N4OS.HI/c1-3-19-17(20-15-18(24-2)7-12-23-13-8-18)22-11-6-16(14-22)21-9-4-5-10-21;/h4-5,16H,3,6-15H2,1-2H3,(H,19,20);1H. The summed E-state index contributed by atoms with van der Waals surface area (Å²) in [5, 5.41) is 3.52. The molecule has 144 valence electrons. The van der Waals surface area contributed by atoms with E-state index in [-0.39, 0.29) is 28.7 Å². The Bertz CT molecular complexity index is 460. The molecule has 0 amide bonds. The number of ether oxygens (including phenoxy) is 1. The van der Waals surface area contributed by atoms with Crippen LogP contribution >= 0.6 is 35.7 Å². The molecule has 0 saturated carbocycles. The van der Waals surface area contributed by atoms with E-state index in [0.717, 1.165) is 71.3 Å². The second-order valence-electron chi connectivity index (χ2n) is 6.98. The molecule has 2 fully saturated rings. The van der Waals surface area contributed by atoms with Crippen LogP contribution in [0.5, 0.6) is 0 Å². The molecular weight excluding hydrogens is 447 g/mol. The molecule has 0 aromatic carbocycles. The van der Waals surface area contributed by atoms with E-state index in [1.54, 1.807) is 0 Å². The molecule has 3 aliphatic heterocycles. The summed E-state index contributed by atoms with van der Waals surface area (Å²) in [4.78, 5) is 10.1. The zero-order valence-corrected chi connectivity index (χ0v) is 18.7. The van der Waals surface area contributed by atoms with E-state index in [2.05, 4.69) is 40.4 Å². The number of hydrogen-bond acceptors (Lipinski definition) is 4. The van der Waals surface area contributed by atoms with E-state index in [1.807, 2.05) is 11.8 Å². The van der Waals surface area contributed by atoms with Gasteiger partial charge in [0.2, 0.25) is 0 Å². The predicted molar refractivity (Wildman–Crippen MR) is 118 cm³/mol. The summed E-state index contributed by atoms with van der Waals surface area (Å²) in [6, 6.07) is 0.668. The van der Waals surface area contributed by atoms with Crippen molar-refractivity contribution in [2.24, 2.45) is 4.99 Å². The number of guanidine groups is 1. The van der Waals surface area contributed by atoms with Crippen molar-refractivity contribution in [1.82, 2.24) is 15.1 Å². The predicted octanol–water partition coefficient (Wildman–Crippen LogP) is 2.43. The highest BCUT2D eigenvalue weighted by Gasteiger charge is 2.33. The molecule has 3 aliphatic rings. The third-order valence-electron chi connectivity index (χ3n) is 5.51. The van der Waals surface area contributed by atoms with Gasteiger partial charge in [0, 0.05) is 56.7 Å². The summed E-state index contributed by atoms with van der Waals surface area (Å²) in [7, 11) is 0. The van der Waals surface area contributed by atoms with Gasteiger partial charge in [-0.15, -0.1) is 24.0 Å². The molecule has 2 saturated heterocycles. The highest BCUT2D eigenvalue weighted by molar-refractivity contribution is 14.0. The third kappa shape index (κ3) is 5.49. The molecule has 1 atom stereocenters. The number of likely N-dealkylation sites (tertiary alicyclic amines) is 1. The Balaban J connectivity index is 0.00000225. The molecule has 0 radical (unpaired) electrons. The van der Waals surface area contributed by atoms with Crippen LogP contribution in [0.25, 0.3) is 0 Å². The minimum Gasteiger partial charge on any atom is -0.381 e. The van der Waals surface area contributed by atoms with Crippen LogP contribution in [0.15, 0.2) is 17.1 Å². The number of aliphatic imine (C=N–C) groups is 1. The summed E-state index contributed by atoms with van der Waals surface area (Å²) in [5.41, 5.74) is 0. The first-order valence-corrected chi connectivity index (χ1v) is 10.5. The summed E-state index contributed by atoms with van der Waals surface area (Å²) >= 11 is 1.97. The Morgan fingerprint density at radius 3 is 2.68 bits per heavy atom. The number of rotatable bonds is 5. The average molecular weight is 480 g/mol. The Hall–Kier alpha value is 0.01000. The van der Waals surface area contributed by atoms with Gasteiger partial charge >= 0.3 is 0 Å². The number of nitrogens with zero attached hydrogens (tertiary/aromatic N) is 3. The first-order chi connectivity index (χ1) is 11.8. The maximum atomic E-state index is 5.55. The maximum absolute atomic E-state index is 5.55. The van der Waals surface area contributed by atoms with Crippen LogP contribution < -0.4 is 5.32 Å². The normalized spacial score (nSPS) is 26.7. The topological polar surface area (TPSA) is 40.1 Å². The first kappa shape index (κ1) is 21.3. The Morgan fingerprint density at radius 2 is 2.04 bits per heavy atom. The summed E-state index contributed by atoms with van der Waals surface area (Å²) in [5.74, 6) is 1.10. The maximum Gasteiger partial charge on any atom is 0.194 e. The fraction of sp³-hybridized carbons (Fsp3) is 0.833. The van der Waals surface area contributed by atoms with Crippen LogP contribution in [-0.2, 0) is 4.74 Å². The van der Waals surface area contributed by atoms with Crippen LogP contribution in [0.3, 0.4) is 0 Å². The molecule has 0 bridgehead atoms. The minimum atomic E-state index is 0. The zero-order valence-electron chi connectivity index (χ0n) is 15.6. The van der Waals surface area contributed by atoms with E-state index in [1.165, 1.54) is 6.42 Å². The lowest BCUT2D eigenvalue weighted by Gasteiger charge is -2.35. The molecule has 0 aromatic rings.